The van der Waals surface area contributed by atoms with E-state index in [9.17, 15) is 4.79 Å². The van der Waals surface area contributed by atoms with E-state index in [1.165, 1.54) is 11.1 Å². The lowest BCUT2D eigenvalue weighted by atomic mass is 10.0. The molecule has 0 aliphatic carbocycles. The summed E-state index contributed by atoms with van der Waals surface area (Å²) in [5, 5.41) is 1.66. The third-order valence-corrected chi connectivity index (χ3v) is 5.54. The van der Waals surface area contributed by atoms with Crippen LogP contribution in [0.25, 0.3) is 5.57 Å². The Labute approximate surface area is 181 Å². The fourth-order valence-corrected chi connectivity index (χ4v) is 4.12. The Morgan fingerprint density at radius 3 is 1.74 bits per heavy atom. The third kappa shape index (κ3) is 3.90. The van der Waals surface area contributed by atoms with Crippen LogP contribution in [-0.4, -0.2) is 5.91 Å². The van der Waals surface area contributed by atoms with E-state index in [0.717, 1.165) is 34.9 Å². The molecule has 3 heteroatoms. The topological polar surface area (TPSA) is 32.7 Å². The Balaban J connectivity index is 1.69. The van der Waals surface area contributed by atoms with E-state index in [0.29, 0.717) is 5.57 Å². The number of benzene rings is 4. The molecule has 0 atom stereocenters. The summed E-state index contributed by atoms with van der Waals surface area (Å²) in [6.45, 7) is 1.48. The maximum absolute atomic E-state index is 12.9. The van der Waals surface area contributed by atoms with Gasteiger partial charge < -0.3 is 4.90 Å². The number of rotatable bonds is 6. The van der Waals surface area contributed by atoms with E-state index in [4.69, 9.17) is 0 Å². The van der Waals surface area contributed by atoms with Gasteiger partial charge in [-0.15, -0.1) is 0 Å². The number of carbonyl (C=O) groups excluding carboxylic acids is 1. The molecule has 0 fully saturated rings. The van der Waals surface area contributed by atoms with Crippen LogP contribution < -0.4 is 15.5 Å². The van der Waals surface area contributed by atoms with Gasteiger partial charge in [0.05, 0.1) is 10.9 Å². The molecular formula is C28H22N2O. The maximum Gasteiger partial charge on any atom is 0.278 e. The predicted molar refractivity (Wildman–Crippen MR) is 124 cm³/mol. The van der Waals surface area contributed by atoms with Gasteiger partial charge in [-0.25, -0.2) is 4.99 Å². The Hall–Kier alpha value is -3.98. The van der Waals surface area contributed by atoms with E-state index >= 15 is 0 Å². The molecular weight excluding hydrogens is 380 g/mol. The van der Waals surface area contributed by atoms with Gasteiger partial charge in [0.2, 0.25) is 0 Å². The summed E-state index contributed by atoms with van der Waals surface area (Å²) in [5.41, 5.74) is 5.05. The Morgan fingerprint density at radius 1 is 0.613 bits per heavy atom. The highest BCUT2D eigenvalue weighted by molar-refractivity contribution is 6.21. The molecule has 0 saturated heterocycles. The number of fused-ring (bicyclic) bond motifs is 1. The first kappa shape index (κ1) is 19.0. The molecule has 0 unspecified atom stereocenters. The molecule has 0 bridgehead atoms. The standard InChI is InChI=1S/C28H22N2O/c31-28-26(23-15-8-3-9-16-23)27-24(29-28)17-10-18-25(27)30(19-21-11-4-1-5-12-21)20-22-13-6-2-7-14-22/h1-18H,19-20H2. The zero-order chi connectivity index (χ0) is 21.0. The monoisotopic (exact) mass is 402 g/mol. The lowest BCUT2D eigenvalue weighted by molar-refractivity contribution is -0.112. The molecule has 150 valence electrons. The van der Waals surface area contributed by atoms with Crippen molar-refractivity contribution in [1.29, 1.82) is 0 Å². The molecule has 3 nitrogen and oxygen atoms in total. The summed E-state index contributed by atoms with van der Waals surface area (Å²) < 4.78 is 0. The van der Waals surface area contributed by atoms with Crippen LogP contribution in [0.3, 0.4) is 0 Å². The fraction of sp³-hybridized carbons (Fsp3) is 0.0714. The molecule has 4 aromatic rings. The van der Waals surface area contributed by atoms with E-state index in [-0.39, 0.29) is 5.91 Å². The molecule has 1 aliphatic heterocycles. The maximum atomic E-state index is 12.9. The average Bonchev–Trinajstić information content (AvgIpc) is 3.16. The number of carbonyl (C=O) groups is 1. The molecule has 31 heavy (non-hydrogen) atoms. The first-order valence-corrected chi connectivity index (χ1v) is 10.4. The van der Waals surface area contributed by atoms with Gasteiger partial charge >= 0.3 is 0 Å². The summed E-state index contributed by atoms with van der Waals surface area (Å²) in [7, 11) is 0. The van der Waals surface area contributed by atoms with Crippen molar-refractivity contribution < 1.29 is 4.79 Å². The van der Waals surface area contributed by atoms with Crippen molar-refractivity contribution in [3.63, 3.8) is 0 Å². The van der Waals surface area contributed by atoms with Crippen LogP contribution in [0.4, 0.5) is 5.69 Å². The number of amides is 1. The van der Waals surface area contributed by atoms with Crippen molar-refractivity contribution in [2.24, 2.45) is 4.99 Å². The van der Waals surface area contributed by atoms with E-state index in [1.54, 1.807) is 0 Å². The number of hydrogen-bond donors (Lipinski definition) is 0. The second-order valence-electron chi connectivity index (χ2n) is 7.66. The minimum absolute atomic E-state index is 0.173. The lowest BCUT2D eigenvalue weighted by Crippen LogP contribution is -2.34. The zero-order valence-corrected chi connectivity index (χ0v) is 17.1. The van der Waals surface area contributed by atoms with Gasteiger partial charge in [-0.3, -0.25) is 4.79 Å². The molecule has 0 saturated carbocycles. The minimum atomic E-state index is -0.173. The second kappa shape index (κ2) is 8.41. The Bertz CT molecular complexity index is 1290. The molecule has 5 rings (SSSR count). The van der Waals surface area contributed by atoms with Crippen molar-refractivity contribution >= 4 is 17.2 Å². The zero-order valence-electron chi connectivity index (χ0n) is 17.1. The SMILES string of the molecule is O=C1N=c2cccc(N(Cc3ccccc3)Cc3ccccc3)c2=C1c1ccccc1. The van der Waals surface area contributed by atoms with Gasteiger partial charge in [-0.05, 0) is 28.8 Å². The van der Waals surface area contributed by atoms with Crippen LogP contribution >= 0.6 is 0 Å². The fourth-order valence-electron chi connectivity index (χ4n) is 4.12. The molecule has 0 N–H and O–H groups in total. The van der Waals surface area contributed by atoms with Gasteiger partial charge in [-0.1, -0.05) is 97.1 Å². The molecule has 1 amide bonds. The third-order valence-electron chi connectivity index (χ3n) is 5.54. The number of anilines is 1. The molecule has 1 aliphatic rings. The van der Waals surface area contributed by atoms with E-state index in [1.807, 2.05) is 54.6 Å². The van der Waals surface area contributed by atoms with Crippen LogP contribution in [0, 0.1) is 0 Å². The summed E-state index contributed by atoms with van der Waals surface area (Å²) in [4.78, 5) is 19.6. The molecule has 0 radical (unpaired) electrons. The predicted octanol–water partition coefficient (Wildman–Crippen LogP) is 4.25. The quantitative estimate of drug-likeness (QED) is 0.483. The smallest absolute Gasteiger partial charge is 0.278 e. The Morgan fingerprint density at radius 2 is 1.16 bits per heavy atom. The number of nitrogens with zero attached hydrogens (tertiary/aromatic N) is 2. The van der Waals surface area contributed by atoms with Crippen LogP contribution in [-0.2, 0) is 17.9 Å². The van der Waals surface area contributed by atoms with Crippen molar-refractivity contribution in [1.82, 2.24) is 0 Å². The highest BCUT2D eigenvalue weighted by Gasteiger charge is 2.22. The van der Waals surface area contributed by atoms with Gasteiger partial charge in [0.15, 0.2) is 0 Å². The van der Waals surface area contributed by atoms with Crippen LogP contribution in [0.15, 0.2) is 114 Å². The van der Waals surface area contributed by atoms with Gasteiger partial charge in [0.1, 0.15) is 0 Å². The van der Waals surface area contributed by atoms with Crippen molar-refractivity contribution in [3.05, 3.63) is 136 Å². The summed E-state index contributed by atoms with van der Waals surface area (Å²) >= 11 is 0. The van der Waals surface area contributed by atoms with E-state index < -0.39 is 0 Å². The van der Waals surface area contributed by atoms with Gasteiger partial charge in [0, 0.05) is 24.0 Å². The first-order chi connectivity index (χ1) is 15.3. The van der Waals surface area contributed by atoms with Crippen molar-refractivity contribution in [3.8, 4) is 0 Å². The molecule has 0 aromatic heterocycles. The Kier molecular flexibility index (Phi) is 5.16. The van der Waals surface area contributed by atoms with Crippen LogP contribution in [0.2, 0.25) is 0 Å². The summed E-state index contributed by atoms with van der Waals surface area (Å²) in [5.74, 6) is -0.173. The highest BCUT2D eigenvalue weighted by atomic mass is 16.1. The van der Waals surface area contributed by atoms with Crippen molar-refractivity contribution in [2.75, 3.05) is 4.90 Å². The first-order valence-electron chi connectivity index (χ1n) is 10.4. The number of hydrogen-bond acceptors (Lipinski definition) is 2. The average molecular weight is 402 g/mol. The normalized spacial score (nSPS) is 12.4. The molecule has 1 heterocycles. The molecule has 4 aromatic carbocycles. The largest absolute Gasteiger partial charge is 0.362 e. The second-order valence-corrected chi connectivity index (χ2v) is 7.66. The summed E-state index contributed by atoms with van der Waals surface area (Å²) in [6.07, 6.45) is 0. The summed E-state index contributed by atoms with van der Waals surface area (Å²) in [6, 6.07) is 36.7. The van der Waals surface area contributed by atoms with Crippen molar-refractivity contribution in [2.45, 2.75) is 13.1 Å². The van der Waals surface area contributed by atoms with Crippen LogP contribution in [0.1, 0.15) is 16.7 Å². The minimum Gasteiger partial charge on any atom is -0.362 e. The van der Waals surface area contributed by atoms with Crippen LogP contribution in [0.5, 0.6) is 0 Å². The lowest BCUT2D eigenvalue weighted by Gasteiger charge is -2.26. The van der Waals surface area contributed by atoms with Gasteiger partial charge in [0.25, 0.3) is 5.91 Å². The highest BCUT2D eigenvalue weighted by Crippen LogP contribution is 2.21. The van der Waals surface area contributed by atoms with Gasteiger partial charge in [-0.2, -0.15) is 0 Å². The molecule has 0 spiro atoms. The van der Waals surface area contributed by atoms with E-state index in [2.05, 4.69) is 64.5 Å².